The number of carbonyl (C=O) groups is 4. The molecule has 0 saturated carbocycles. The fraction of sp³-hybridized carbons (Fsp3) is 0.139. The second kappa shape index (κ2) is 14.5. The molecule has 2 atom stereocenters. The molecule has 11 nitrogen and oxygen atoms in total. The van der Waals surface area contributed by atoms with Crippen LogP contribution in [0.4, 0.5) is 27.1 Å². The third-order valence-corrected chi connectivity index (χ3v) is 7.86. The molecule has 1 saturated heterocycles. The first-order valence-electron chi connectivity index (χ1n) is 14.7. The van der Waals surface area contributed by atoms with Gasteiger partial charge in [-0.1, -0.05) is 0 Å². The van der Waals surface area contributed by atoms with Gasteiger partial charge in [-0.05, 0) is 109 Å². The van der Waals surface area contributed by atoms with Crippen LogP contribution < -0.4 is 20.9 Å². The van der Waals surface area contributed by atoms with Crippen molar-refractivity contribution in [1.29, 1.82) is 15.8 Å². The average Bonchev–Trinajstić information content (AvgIpc) is 3.43. The Hall–Kier alpha value is -6.84. The fourth-order valence-corrected chi connectivity index (χ4v) is 5.39. The first kappa shape index (κ1) is 32.6. The molecule has 3 N–H and O–H groups in total. The summed E-state index contributed by atoms with van der Waals surface area (Å²) >= 11 is 0. The van der Waals surface area contributed by atoms with Gasteiger partial charge in [0.05, 0.1) is 34.9 Å². The number of rotatable bonds is 9. The van der Waals surface area contributed by atoms with Crippen molar-refractivity contribution >= 4 is 46.4 Å². The van der Waals surface area contributed by atoms with Crippen LogP contribution in [0.3, 0.4) is 0 Å². The lowest BCUT2D eigenvalue weighted by atomic mass is 9.84. The lowest BCUT2D eigenvalue weighted by molar-refractivity contribution is -0.134. The Kier molecular flexibility index (Phi) is 9.84. The Morgan fingerprint density at radius 1 is 0.688 bits per heavy atom. The highest BCUT2D eigenvalue weighted by molar-refractivity contribution is 6.14. The highest BCUT2D eigenvalue weighted by Crippen LogP contribution is 2.35. The van der Waals surface area contributed by atoms with Gasteiger partial charge in [0.15, 0.2) is 0 Å². The maximum atomic E-state index is 13.8. The van der Waals surface area contributed by atoms with Crippen LogP contribution in [0.1, 0.15) is 23.1 Å². The second-order valence-electron chi connectivity index (χ2n) is 11.0. The molecule has 4 amide bonds. The smallest absolute Gasteiger partial charge is 0.239 e. The van der Waals surface area contributed by atoms with E-state index in [4.69, 9.17) is 15.8 Å². The zero-order chi connectivity index (χ0) is 34.2. The Morgan fingerprint density at radius 3 is 1.52 bits per heavy atom. The maximum absolute atomic E-state index is 13.8. The minimum absolute atomic E-state index is 0.0548. The van der Waals surface area contributed by atoms with Crippen LogP contribution in [-0.4, -0.2) is 30.2 Å². The summed E-state index contributed by atoms with van der Waals surface area (Å²) in [6, 6.07) is 29.2. The summed E-state index contributed by atoms with van der Waals surface area (Å²) in [5, 5.41) is 35.4. The number of amides is 4. The van der Waals surface area contributed by atoms with E-state index in [1.165, 1.54) is 102 Å². The Bertz CT molecular complexity index is 1900. The van der Waals surface area contributed by atoms with Gasteiger partial charge in [-0.3, -0.25) is 19.2 Å². The molecule has 1 aliphatic heterocycles. The molecule has 0 radical (unpaired) electrons. The van der Waals surface area contributed by atoms with E-state index in [2.05, 4.69) is 16.0 Å². The fourth-order valence-electron chi connectivity index (χ4n) is 5.39. The standard InChI is InChI=1S/C36H26FN7O4/c37-26-7-15-30(16-8-26)44-21-25(32(36(44)48)35(47)43-29-13-5-24(20-40)6-14-29)17-31(33(45)41-27-9-1-22(18-38)2-10-27)34(46)42-28-11-3-23(19-39)4-12-28/h1-16,25,31-32H,17,21H2,(H,41,45)(H,42,46)(H,43,47). The van der Waals surface area contributed by atoms with Crippen molar-refractivity contribution in [1.82, 2.24) is 0 Å². The zero-order valence-electron chi connectivity index (χ0n) is 25.2. The monoisotopic (exact) mass is 639 g/mol. The topological polar surface area (TPSA) is 179 Å². The van der Waals surface area contributed by atoms with Gasteiger partial charge in [0.1, 0.15) is 17.7 Å². The Labute approximate surface area is 274 Å². The molecule has 4 aromatic rings. The minimum Gasteiger partial charge on any atom is -0.325 e. The lowest BCUT2D eigenvalue weighted by Crippen LogP contribution is -2.39. The molecule has 0 bridgehead atoms. The molecule has 12 heteroatoms. The van der Waals surface area contributed by atoms with Crippen molar-refractivity contribution in [2.45, 2.75) is 6.42 Å². The summed E-state index contributed by atoms with van der Waals surface area (Å²) in [4.78, 5) is 56.3. The second-order valence-corrected chi connectivity index (χ2v) is 11.0. The first-order chi connectivity index (χ1) is 23.2. The van der Waals surface area contributed by atoms with Crippen molar-refractivity contribution in [2.24, 2.45) is 17.8 Å². The highest BCUT2D eigenvalue weighted by atomic mass is 19.1. The minimum atomic E-state index is -1.41. The number of nitriles is 3. The van der Waals surface area contributed by atoms with Crippen LogP contribution in [0.2, 0.25) is 0 Å². The van der Waals surface area contributed by atoms with E-state index >= 15 is 0 Å². The zero-order valence-corrected chi connectivity index (χ0v) is 25.2. The number of carbonyl (C=O) groups excluding carboxylic acids is 4. The molecule has 0 spiro atoms. The van der Waals surface area contributed by atoms with Gasteiger partial charge < -0.3 is 20.9 Å². The van der Waals surface area contributed by atoms with E-state index in [1.807, 2.05) is 18.2 Å². The Balaban J connectivity index is 1.46. The predicted octanol–water partition coefficient (Wildman–Crippen LogP) is 4.94. The SMILES string of the molecule is N#Cc1ccc(NC(=O)C(CC2CN(c3ccc(F)cc3)C(=O)C2C(=O)Nc2ccc(C#N)cc2)C(=O)Nc2ccc(C#N)cc2)cc1. The molecule has 0 aromatic heterocycles. The van der Waals surface area contributed by atoms with E-state index in [-0.39, 0.29) is 13.0 Å². The number of hydrogen-bond acceptors (Lipinski definition) is 7. The lowest BCUT2D eigenvalue weighted by Gasteiger charge is -2.22. The Morgan fingerprint density at radius 2 is 1.10 bits per heavy atom. The van der Waals surface area contributed by atoms with E-state index < -0.39 is 47.2 Å². The van der Waals surface area contributed by atoms with E-state index in [0.717, 1.165) is 0 Å². The van der Waals surface area contributed by atoms with Gasteiger partial charge in [0.25, 0.3) is 0 Å². The van der Waals surface area contributed by atoms with Crippen LogP contribution in [0.15, 0.2) is 97.1 Å². The van der Waals surface area contributed by atoms with Gasteiger partial charge in [-0.15, -0.1) is 0 Å². The molecule has 48 heavy (non-hydrogen) atoms. The summed E-state index contributed by atoms with van der Waals surface area (Å²) in [5.41, 5.74) is 2.41. The van der Waals surface area contributed by atoms with Crippen molar-refractivity contribution in [3.8, 4) is 18.2 Å². The molecule has 4 aromatic carbocycles. The number of halogens is 1. The maximum Gasteiger partial charge on any atom is 0.239 e. The molecular formula is C36H26FN7O4. The average molecular weight is 640 g/mol. The third-order valence-electron chi connectivity index (χ3n) is 7.86. The van der Waals surface area contributed by atoms with Crippen molar-refractivity contribution in [3.63, 3.8) is 0 Å². The molecule has 0 aliphatic carbocycles. The predicted molar refractivity (Wildman–Crippen MR) is 173 cm³/mol. The summed E-state index contributed by atoms with van der Waals surface area (Å²) in [7, 11) is 0. The third kappa shape index (κ3) is 7.51. The van der Waals surface area contributed by atoms with Gasteiger partial charge in [0.2, 0.25) is 23.6 Å². The number of nitrogens with zero attached hydrogens (tertiary/aromatic N) is 4. The van der Waals surface area contributed by atoms with Gasteiger partial charge >= 0.3 is 0 Å². The van der Waals surface area contributed by atoms with E-state index in [1.54, 1.807) is 0 Å². The molecule has 1 fully saturated rings. The van der Waals surface area contributed by atoms with Gasteiger partial charge in [0, 0.05) is 29.3 Å². The van der Waals surface area contributed by atoms with Crippen molar-refractivity contribution < 1.29 is 23.6 Å². The molecule has 5 rings (SSSR count). The normalized spacial score (nSPS) is 15.1. The van der Waals surface area contributed by atoms with E-state index in [9.17, 15) is 23.6 Å². The van der Waals surface area contributed by atoms with Crippen LogP contribution in [-0.2, 0) is 19.2 Å². The van der Waals surface area contributed by atoms with Crippen LogP contribution in [0.5, 0.6) is 0 Å². The molecular weight excluding hydrogens is 613 g/mol. The largest absolute Gasteiger partial charge is 0.325 e. The summed E-state index contributed by atoms with van der Waals surface area (Å²) in [6.07, 6.45) is -0.237. The van der Waals surface area contributed by atoms with Crippen LogP contribution >= 0.6 is 0 Å². The van der Waals surface area contributed by atoms with Gasteiger partial charge in [-0.2, -0.15) is 15.8 Å². The number of hydrogen-bond donors (Lipinski definition) is 3. The molecule has 236 valence electrons. The summed E-state index contributed by atoms with van der Waals surface area (Å²) in [5.74, 6) is -6.84. The van der Waals surface area contributed by atoms with Gasteiger partial charge in [-0.25, -0.2) is 4.39 Å². The molecule has 2 unspecified atom stereocenters. The van der Waals surface area contributed by atoms with Crippen molar-refractivity contribution in [3.05, 3.63) is 120 Å². The van der Waals surface area contributed by atoms with Crippen LogP contribution in [0, 0.1) is 57.6 Å². The summed E-state index contributed by atoms with van der Waals surface area (Å²) < 4.78 is 13.7. The van der Waals surface area contributed by atoms with E-state index in [0.29, 0.717) is 39.4 Å². The summed E-state index contributed by atoms with van der Waals surface area (Å²) in [6.45, 7) is -0.0548. The first-order valence-corrected chi connectivity index (χ1v) is 14.7. The number of nitrogens with one attached hydrogen (secondary N) is 3. The highest BCUT2D eigenvalue weighted by Gasteiger charge is 2.47. The number of anilines is 4. The number of benzene rings is 4. The molecule has 1 aliphatic rings. The van der Waals surface area contributed by atoms with Crippen molar-refractivity contribution in [2.75, 3.05) is 27.4 Å². The quantitative estimate of drug-likeness (QED) is 0.217. The molecule has 1 heterocycles. The van der Waals surface area contributed by atoms with Crippen LogP contribution in [0.25, 0.3) is 0 Å².